The lowest BCUT2D eigenvalue weighted by Gasteiger charge is -2.08. The molecule has 7 nitrogen and oxygen atoms in total. The maximum atomic E-state index is 12.6. The number of methoxy groups -OCH3 is 1. The second-order valence-electron chi connectivity index (χ2n) is 6.87. The SMILES string of the molecule is COCc1cccc(NC(=O)Cc2c(C)nn(-c3nc(C)cc(C)n3)c2C)c1. The van der Waals surface area contributed by atoms with Crippen LogP contribution in [0.5, 0.6) is 0 Å². The van der Waals surface area contributed by atoms with E-state index < -0.39 is 0 Å². The molecule has 3 aromatic rings. The van der Waals surface area contributed by atoms with Crippen LogP contribution in [0.15, 0.2) is 30.3 Å². The Bertz CT molecular complexity index is 990. The van der Waals surface area contributed by atoms with Gasteiger partial charge in [-0.1, -0.05) is 12.1 Å². The molecule has 0 atom stereocenters. The van der Waals surface area contributed by atoms with Gasteiger partial charge in [0.15, 0.2) is 0 Å². The van der Waals surface area contributed by atoms with Gasteiger partial charge in [0, 0.05) is 35.4 Å². The molecule has 0 bridgehead atoms. The minimum atomic E-state index is -0.0957. The first-order valence-corrected chi connectivity index (χ1v) is 9.13. The van der Waals surface area contributed by atoms with Crippen molar-refractivity contribution in [2.75, 3.05) is 12.4 Å². The van der Waals surface area contributed by atoms with Gasteiger partial charge in [-0.2, -0.15) is 5.10 Å². The molecule has 0 spiro atoms. The molecule has 0 radical (unpaired) electrons. The first-order chi connectivity index (χ1) is 13.4. The highest BCUT2D eigenvalue weighted by Gasteiger charge is 2.18. The number of benzene rings is 1. The Morgan fingerprint density at radius 2 is 1.82 bits per heavy atom. The van der Waals surface area contributed by atoms with Gasteiger partial charge < -0.3 is 10.1 Å². The van der Waals surface area contributed by atoms with Crippen molar-refractivity contribution in [3.63, 3.8) is 0 Å². The molecule has 0 saturated carbocycles. The van der Waals surface area contributed by atoms with E-state index in [1.807, 2.05) is 58.0 Å². The zero-order valence-corrected chi connectivity index (χ0v) is 16.9. The number of aromatic nitrogens is 4. The summed E-state index contributed by atoms with van der Waals surface area (Å²) in [5.41, 5.74) is 6.06. The highest BCUT2D eigenvalue weighted by Crippen LogP contribution is 2.18. The minimum Gasteiger partial charge on any atom is -0.380 e. The lowest BCUT2D eigenvalue weighted by Crippen LogP contribution is -2.15. The molecule has 0 saturated heterocycles. The van der Waals surface area contributed by atoms with Gasteiger partial charge in [0.25, 0.3) is 5.95 Å². The van der Waals surface area contributed by atoms with Crippen molar-refractivity contribution in [1.82, 2.24) is 19.7 Å². The van der Waals surface area contributed by atoms with Crippen LogP contribution in [0, 0.1) is 27.7 Å². The van der Waals surface area contributed by atoms with Crippen LogP contribution in [0.2, 0.25) is 0 Å². The molecule has 2 heterocycles. The number of carbonyl (C=O) groups excluding carboxylic acids is 1. The Labute approximate surface area is 164 Å². The summed E-state index contributed by atoms with van der Waals surface area (Å²) in [7, 11) is 1.65. The Morgan fingerprint density at radius 1 is 1.11 bits per heavy atom. The van der Waals surface area contributed by atoms with Crippen molar-refractivity contribution < 1.29 is 9.53 Å². The molecule has 2 aromatic heterocycles. The van der Waals surface area contributed by atoms with Gasteiger partial charge in [-0.25, -0.2) is 14.6 Å². The quantitative estimate of drug-likeness (QED) is 0.711. The van der Waals surface area contributed by atoms with E-state index in [-0.39, 0.29) is 12.3 Å². The highest BCUT2D eigenvalue weighted by atomic mass is 16.5. The van der Waals surface area contributed by atoms with Crippen molar-refractivity contribution in [2.24, 2.45) is 0 Å². The fourth-order valence-corrected chi connectivity index (χ4v) is 3.20. The third-order valence-electron chi connectivity index (χ3n) is 4.46. The van der Waals surface area contributed by atoms with Gasteiger partial charge in [-0.15, -0.1) is 0 Å². The number of ether oxygens (including phenoxy) is 1. The van der Waals surface area contributed by atoms with Crippen molar-refractivity contribution in [3.05, 3.63) is 64.2 Å². The van der Waals surface area contributed by atoms with Crippen LogP contribution in [0.25, 0.3) is 5.95 Å². The normalized spacial score (nSPS) is 10.9. The average Bonchev–Trinajstić information content (AvgIpc) is 2.90. The van der Waals surface area contributed by atoms with Crippen LogP contribution < -0.4 is 5.32 Å². The summed E-state index contributed by atoms with van der Waals surface area (Å²) in [6.45, 7) is 8.19. The Morgan fingerprint density at radius 3 is 2.50 bits per heavy atom. The van der Waals surface area contributed by atoms with Gasteiger partial charge in [0.1, 0.15) is 0 Å². The third kappa shape index (κ3) is 4.43. The third-order valence-corrected chi connectivity index (χ3v) is 4.46. The maximum absolute atomic E-state index is 12.6. The molecule has 146 valence electrons. The van der Waals surface area contributed by atoms with Crippen molar-refractivity contribution in [2.45, 2.75) is 40.7 Å². The van der Waals surface area contributed by atoms with Crippen LogP contribution in [0.3, 0.4) is 0 Å². The number of nitrogens with one attached hydrogen (secondary N) is 1. The monoisotopic (exact) mass is 379 g/mol. The highest BCUT2D eigenvalue weighted by molar-refractivity contribution is 5.92. The summed E-state index contributed by atoms with van der Waals surface area (Å²) in [4.78, 5) is 21.5. The minimum absolute atomic E-state index is 0.0957. The van der Waals surface area contributed by atoms with Gasteiger partial charge >= 0.3 is 0 Å². The number of aryl methyl sites for hydroxylation is 3. The van der Waals surface area contributed by atoms with E-state index >= 15 is 0 Å². The van der Waals surface area contributed by atoms with Crippen molar-refractivity contribution in [1.29, 1.82) is 0 Å². The molecule has 0 aliphatic heterocycles. The fourth-order valence-electron chi connectivity index (χ4n) is 3.20. The van der Waals surface area contributed by atoms with Gasteiger partial charge in [0.05, 0.1) is 18.7 Å². The summed E-state index contributed by atoms with van der Waals surface area (Å²) >= 11 is 0. The van der Waals surface area contributed by atoms with E-state index in [1.165, 1.54) is 0 Å². The van der Waals surface area contributed by atoms with E-state index in [0.717, 1.165) is 39.6 Å². The molecule has 28 heavy (non-hydrogen) atoms. The summed E-state index contributed by atoms with van der Waals surface area (Å²) in [6, 6.07) is 9.55. The number of rotatable bonds is 6. The number of hydrogen-bond donors (Lipinski definition) is 1. The predicted octanol–water partition coefficient (Wildman–Crippen LogP) is 3.22. The largest absolute Gasteiger partial charge is 0.380 e. The lowest BCUT2D eigenvalue weighted by atomic mass is 10.1. The van der Waals surface area contributed by atoms with Crippen LogP contribution in [0.4, 0.5) is 5.69 Å². The zero-order valence-electron chi connectivity index (χ0n) is 16.9. The smallest absolute Gasteiger partial charge is 0.251 e. The molecule has 0 aliphatic carbocycles. The zero-order chi connectivity index (χ0) is 20.3. The first kappa shape index (κ1) is 19.7. The number of amides is 1. The second-order valence-corrected chi connectivity index (χ2v) is 6.87. The number of carbonyl (C=O) groups is 1. The van der Waals surface area contributed by atoms with Gasteiger partial charge in [-0.3, -0.25) is 4.79 Å². The van der Waals surface area contributed by atoms with E-state index in [9.17, 15) is 4.79 Å². The van der Waals surface area contributed by atoms with E-state index in [2.05, 4.69) is 20.4 Å². The average molecular weight is 379 g/mol. The Kier molecular flexibility index (Phi) is 5.84. The molecule has 1 N–H and O–H groups in total. The molecule has 0 aliphatic rings. The van der Waals surface area contributed by atoms with Crippen LogP contribution >= 0.6 is 0 Å². The van der Waals surface area contributed by atoms with E-state index in [1.54, 1.807) is 11.8 Å². The van der Waals surface area contributed by atoms with Crippen molar-refractivity contribution in [3.8, 4) is 5.95 Å². The van der Waals surface area contributed by atoms with Crippen LogP contribution in [-0.2, 0) is 22.6 Å². The molecule has 7 heteroatoms. The van der Waals surface area contributed by atoms with Gasteiger partial charge in [-0.05, 0) is 51.5 Å². The summed E-state index contributed by atoms with van der Waals surface area (Å²) in [5, 5.41) is 7.50. The number of anilines is 1. The fraction of sp³-hybridized carbons (Fsp3) is 0.333. The van der Waals surface area contributed by atoms with Gasteiger partial charge in [0.2, 0.25) is 5.91 Å². The molecular formula is C21H25N5O2. The Hall–Kier alpha value is -3.06. The van der Waals surface area contributed by atoms with Crippen LogP contribution in [0.1, 0.15) is 33.9 Å². The summed E-state index contributed by atoms with van der Waals surface area (Å²) in [5.74, 6) is 0.429. The van der Waals surface area contributed by atoms with Crippen molar-refractivity contribution >= 4 is 11.6 Å². The summed E-state index contributed by atoms with van der Waals surface area (Å²) in [6.07, 6.45) is 0.233. The predicted molar refractivity (Wildman–Crippen MR) is 108 cm³/mol. The second kappa shape index (κ2) is 8.31. The number of nitrogens with zero attached hydrogens (tertiary/aromatic N) is 4. The first-order valence-electron chi connectivity index (χ1n) is 9.13. The molecule has 0 unspecified atom stereocenters. The molecular weight excluding hydrogens is 354 g/mol. The molecule has 0 fully saturated rings. The maximum Gasteiger partial charge on any atom is 0.251 e. The topological polar surface area (TPSA) is 81.9 Å². The molecule has 1 amide bonds. The lowest BCUT2D eigenvalue weighted by molar-refractivity contribution is -0.115. The van der Waals surface area contributed by atoms with Crippen LogP contribution in [-0.4, -0.2) is 32.8 Å². The summed E-state index contributed by atoms with van der Waals surface area (Å²) < 4.78 is 6.85. The Balaban J connectivity index is 1.80. The molecule has 3 rings (SSSR count). The number of hydrogen-bond acceptors (Lipinski definition) is 5. The van der Waals surface area contributed by atoms with E-state index in [0.29, 0.717) is 12.6 Å². The van der Waals surface area contributed by atoms with E-state index in [4.69, 9.17) is 4.74 Å². The standard InChI is InChI=1S/C21H25N5O2/c1-13-9-14(2)23-21(22-13)26-16(4)19(15(3)25-26)11-20(27)24-18-8-6-7-17(10-18)12-28-5/h6-10H,11-12H2,1-5H3,(H,24,27). The molecule has 1 aromatic carbocycles.